The molecule has 2 aliphatic heterocycles. The normalized spacial score (nSPS) is 18.9. The van der Waals surface area contributed by atoms with Crippen LogP contribution in [0.4, 0.5) is 5.13 Å². The van der Waals surface area contributed by atoms with E-state index in [1.165, 1.54) is 33.4 Å². The Morgan fingerprint density at radius 1 is 1.05 bits per heavy atom. The molecule has 1 saturated heterocycles. The maximum Gasteiger partial charge on any atom is 0.301 e. The highest BCUT2D eigenvalue weighted by Gasteiger charge is 2.48. The summed E-state index contributed by atoms with van der Waals surface area (Å²) < 4.78 is 11.8. The van der Waals surface area contributed by atoms with E-state index < -0.39 is 17.7 Å². The molecule has 0 radical (unpaired) electrons. The van der Waals surface area contributed by atoms with E-state index in [1.807, 2.05) is 31.2 Å². The second-order valence-electron chi connectivity index (χ2n) is 10.7. The van der Waals surface area contributed by atoms with Crippen LogP contribution in [0, 0.1) is 0 Å². The Bertz CT molecular complexity index is 1950. The summed E-state index contributed by atoms with van der Waals surface area (Å²) in [5.41, 5.74) is 3.17. The van der Waals surface area contributed by atoms with Gasteiger partial charge in [0.2, 0.25) is 5.13 Å². The molecule has 1 aromatic heterocycles. The van der Waals surface area contributed by atoms with Gasteiger partial charge in [-0.2, -0.15) is 0 Å². The SMILES string of the molecule is COc1ccc([C@@H]2/C(=C(\O)c3ccc4c(c3)C[C@H](C)O4)C(=O)C(=O)N2c2nnc(SCc3cccc4ccccc34)s2)cc1. The first-order chi connectivity index (χ1) is 21.4. The molecule has 0 spiro atoms. The minimum Gasteiger partial charge on any atom is -0.507 e. The summed E-state index contributed by atoms with van der Waals surface area (Å²) in [4.78, 5) is 28.6. The molecular formula is C34H27N3O5S2. The smallest absolute Gasteiger partial charge is 0.301 e. The van der Waals surface area contributed by atoms with Crippen LogP contribution in [0.2, 0.25) is 0 Å². The summed E-state index contributed by atoms with van der Waals surface area (Å²) in [5, 5.41) is 22.9. The Morgan fingerprint density at radius 3 is 2.66 bits per heavy atom. The first kappa shape index (κ1) is 28.1. The van der Waals surface area contributed by atoms with Gasteiger partial charge in [-0.3, -0.25) is 14.5 Å². The van der Waals surface area contributed by atoms with Crippen molar-refractivity contribution in [1.29, 1.82) is 0 Å². The number of fused-ring (bicyclic) bond motifs is 2. The number of hydrogen-bond donors (Lipinski definition) is 1. The molecule has 4 aromatic carbocycles. The van der Waals surface area contributed by atoms with Gasteiger partial charge < -0.3 is 14.6 Å². The summed E-state index contributed by atoms with van der Waals surface area (Å²) in [7, 11) is 1.57. The number of thioether (sulfide) groups is 1. The van der Waals surface area contributed by atoms with Gasteiger partial charge in [0, 0.05) is 17.7 Å². The molecule has 1 N–H and O–H groups in total. The van der Waals surface area contributed by atoms with Crippen LogP contribution in [-0.2, 0) is 21.8 Å². The second kappa shape index (κ2) is 11.4. The van der Waals surface area contributed by atoms with Gasteiger partial charge in [-0.25, -0.2) is 0 Å². The minimum absolute atomic E-state index is 0.00719. The molecule has 44 heavy (non-hydrogen) atoms. The Hall–Kier alpha value is -4.67. The van der Waals surface area contributed by atoms with Crippen LogP contribution in [0.15, 0.2) is 94.8 Å². The third-order valence-corrected chi connectivity index (χ3v) is 9.98. The number of ether oxygens (including phenoxy) is 2. The van der Waals surface area contributed by atoms with Crippen molar-refractivity contribution < 1.29 is 24.2 Å². The number of amides is 1. The van der Waals surface area contributed by atoms with Crippen molar-refractivity contribution in [2.75, 3.05) is 12.0 Å². The van der Waals surface area contributed by atoms with Crippen LogP contribution in [0.25, 0.3) is 16.5 Å². The zero-order valence-electron chi connectivity index (χ0n) is 23.9. The number of rotatable bonds is 7. The maximum atomic E-state index is 13.6. The zero-order chi connectivity index (χ0) is 30.4. The van der Waals surface area contributed by atoms with E-state index in [9.17, 15) is 14.7 Å². The van der Waals surface area contributed by atoms with E-state index in [2.05, 4.69) is 34.5 Å². The number of Topliss-reactive ketones (excluding diaryl/α,β-unsaturated/α-hetero) is 1. The van der Waals surface area contributed by atoms with Crippen LogP contribution in [0.3, 0.4) is 0 Å². The highest BCUT2D eigenvalue weighted by Crippen LogP contribution is 2.45. The van der Waals surface area contributed by atoms with Crippen LogP contribution in [-0.4, -0.2) is 40.2 Å². The van der Waals surface area contributed by atoms with Gasteiger partial charge in [0.1, 0.15) is 23.4 Å². The van der Waals surface area contributed by atoms with E-state index in [-0.39, 0.29) is 22.6 Å². The van der Waals surface area contributed by atoms with Crippen LogP contribution >= 0.6 is 23.1 Å². The van der Waals surface area contributed by atoms with Crippen molar-refractivity contribution in [1.82, 2.24) is 10.2 Å². The molecule has 8 nitrogen and oxygen atoms in total. The largest absolute Gasteiger partial charge is 0.507 e. The Balaban J connectivity index is 1.25. The van der Waals surface area contributed by atoms with E-state index in [1.54, 1.807) is 43.5 Å². The number of aliphatic hydroxyl groups is 1. The summed E-state index contributed by atoms with van der Waals surface area (Å²) in [6, 6.07) is 25.9. The molecule has 0 saturated carbocycles. The Kier molecular flexibility index (Phi) is 7.31. The van der Waals surface area contributed by atoms with Crippen molar-refractivity contribution in [2.24, 2.45) is 0 Å². The average molecular weight is 622 g/mol. The monoisotopic (exact) mass is 621 g/mol. The predicted molar refractivity (Wildman–Crippen MR) is 171 cm³/mol. The molecule has 1 amide bonds. The molecule has 2 atom stereocenters. The van der Waals surface area contributed by atoms with Gasteiger partial charge in [0.25, 0.3) is 5.78 Å². The van der Waals surface area contributed by atoms with Gasteiger partial charge in [0.05, 0.1) is 18.7 Å². The molecule has 3 heterocycles. The maximum absolute atomic E-state index is 13.6. The lowest BCUT2D eigenvalue weighted by molar-refractivity contribution is -0.132. The first-order valence-electron chi connectivity index (χ1n) is 14.1. The number of benzene rings is 4. The summed E-state index contributed by atoms with van der Waals surface area (Å²) >= 11 is 2.76. The van der Waals surface area contributed by atoms with Crippen LogP contribution in [0.5, 0.6) is 11.5 Å². The fourth-order valence-corrected chi connectivity index (χ4v) is 7.64. The number of ketones is 1. The van der Waals surface area contributed by atoms with Gasteiger partial charge in [0.15, 0.2) is 4.34 Å². The fourth-order valence-electron chi connectivity index (χ4n) is 5.77. The Morgan fingerprint density at radius 2 is 1.84 bits per heavy atom. The van der Waals surface area contributed by atoms with E-state index in [0.29, 0.717) is 33.4 Å². The number of aliphatic hydroxyl groups excluding tert-OH is 1. The molecule has 220 valence electrons. The summed E-state index contributed by atoms with van der Waals surface area (Å²) in [6.07, 6.45) is 0.717. The number of hydrogen-bond acceptors (Lipinski definition) is 9. The minimum atomic E-state index is -0.909. The van der Waals surface area contributed by atoms with Crippen molar-refractivity contribution in [3.05, 3.63) is 113 Å². The predicted octanol–water partition coefficient (Wildman–Crippen LogP) is 6.94. The lowest BCUT2D eigenvalue weighted by atomic mass is 9.94. The summed E-state index contributed by atoms with van der Waals surface area (Å²) in [5.74, 6) is 0.243. The molecule has 10 heteroatoms. The number of methoxy groups -OCH3 is 1. The van der Waals surface area contributed by atoms with Gasteiger partial charge in [-0.1, -0.05) is 77.7 Å². The fraction of sp³-hybridized carbons (Fsp3) is 0.176. The highest BCUT2D eigenvalue weighted by atomic mass is 32.2. The average Bonchev–Trinajstić information content (AvgIpc) is 3.74. The Labute approximate surface area is 262 Å². The van der Waals surface area contributed by atoms with Crippen LogP contribution in [0.1, 0.15) is 35.2 Å². The van der Waals surface area contributed by atoms with E-state index in [0.717, 1.165) is 22.3 Å². The van der Waals surface area contributed by atoms with Gasteiger partial charge in [-0.15, -0.1) is 10.2 Å². The molecule has 0 bridgehead atoms. The van der Waals surface area contributed by atoms with Gasteiger partial charge in [-0.05, 0) is 64.7 Å². The number of aromatic nitrogens is 2. The third kappa shape index (κ3) is 4.99. The zero-order valence-corrected chi connectivity index (χ0v) is 25.5. The standard InChI is InChI=1S/C34H27N3O5S2/c1-19-16-24-17-22(12-15-27(24)42-19)30(38)28-29(21-10-13-25(41-2)14-11-21)37(32(40)31(28)39)33-35-36-34(44-33)43-18-23-8-5-7-20-6-3-4-9-26(20)23/h3-15,17,19,29,38H,16,18H2,1-2H3/b30-28+/t19-,29+/m0/s1. The quantitative estimate of drug-likeness (QED) is 0.0686. The van der Waals surface area contributed by atoms with Gasteiger partial charge >= 0.3 is 5.91 Å². The van der Waals surface area contributed by atoms with Crippen molar-refractivity contribution in [3.8, 4) is 11.5 Å². The van der Waals surface area contributed by atoms with E-state index in [4.69, 9.17) is 9.47 Å². The molecule has 1 fully saturated rings. The van der Waals surface area contributed by atoms with Crippen molar-refractivity contribution in [2.45, 2.75) is 35.6 Å². The lowest BCUT2D eigenvalue weighted by Crippen LogP contribution is -2.29. The van der Waals surface area contributed by atoms with Crippen molar-refractivity contribution >= 4 is 56.5 Å². The second-order valence-corrected chi connectivity index (χ2v) is 12.9. The number of carbonyl (C=O) groups excluding carboxylic acids is 2. The molecule has 0 unspecified atom stereocenters. The van der Waals surface area contributed by atoms with Crippen molar-refractivity contribution in [3.63, 3.8) is 0 Å². The number of nitrogens with zero attached hydrogens (tertiary/aromatic N) is 3. The third-order valence-electron chi connectivity index (χ3n) is 7.88. The summed E-state index contributed by atoms with van der Waals surface area (Å²) in [6.45, 7) is 1.98. The van der Waals surface area contributed by atoms with Crippen LogP contribution < -0.4 is 14.4 Å². The highest BCUT2D eigenvalue weighted by molar-refractivity contribution is 8.00. The molecule has 2 aliphatic rings. The van der Waals surface area contributed by atoms with E-state index >= 15 is 0 Å². The number of carbonyl (C=O) groups is 2. The first-order valence-corrected chi connectivity index (χ1v) is 15.9. The molecular weight excluding hydrogens is 595 g/mol. The molecule has 7 rings (SSSR count). The molecule has 0 aliphatic carbocycles. The molecule has 5 aromatic rings. The lowest BCUT2D eigenvalue weighted by Gasteiger charge is -2.22. The number of anilines is 1. The topological polar surface area (TPSA) is 102 Å².